The Hall–Kier alpha value is -1.40. The van der Waals surface area contributed by atoms with Gasteiger partial charge in [0.15, 0.2) is 5.78 Å². The largest absolute Gasteiger partial charge is 0.358 e. The molecule has 1 saturated heterocycles. The van der Waals surface area contributed by atoms with Crippen molar-refractivity contribution >= 4 is 40.0 Å². The van der Waals surface area contributed by atoms with Gasteiger partial charge in [-0.25, -0.2) is 0 Å². The van der Waals surface area contributed by atoms with Crippen molar-refractivity contribution in [3.8, 4) is 0 Å². The minimum atomic E-state index is -0.481. The highest BCUT2D eigenvalue weighted by atomic mass is 32.2. The Labute approximate surface area is 147 Å². The number of thiocarbonyl (C=S) groups is 1. The topological polar surface area (TPSA) is 49.4 Å². The molecule has 0 spiro atoms. The van der Waals surface area contributed by atoms with Crippen molar-refractivity contribution < 1.29 is 9.59 Å². The minimum Gasteiger partial charge on any atom is -0.358 e. The van der Waals surface area contributed by atoms with E-state index in [2.05, 4.69) is 10.2 Å². The molecule has 0 aromatic heterocycles. The summed E-state index contributed by atoms with van der Waals surface area (Å²) in [5.41, 5.74) is 1.04. The van der Waals surface area contributed by atoms with E-state index >= 15 is 0 Å². The van der Waals surface area contributed by atoms with E-state index in [1.807, 2.05) is 30.3 Å². The predicted molar refractivity (Wildman–Crippen MR) is 98.6 cm³/mol. The number of carbonyl (C=O) groups excluding carboxylic acids is 2. The van der Waals surface area contributed by atoms with Crippen molar-refractivity contribution in [3.05, 3.63) is 35.9 Å². The molecule has 1 aliphatic rings. The van der Waals surface area contributed by atoms with Gasteiger partial charge in [0.2, 0.25) is 5.91 Å². The molecule has 2 rings (SSSR count). The van der Waals surface area contributed by atoms with E-state index in [-0.39, 0.29) is 17.4 Å². The van der Waals surface area contributed by atoms with E-state index < -0.39 is 6.04 Å². The molecule has 124 valence electrons. The van der Waals surface area contributed by atoms with Gasteiger partial charge in [0, 0.05) is 13.1 Å². The Morgan fingerprint density at radius 3 is 2.52 bits per heavy atom. The molecule has 0 aliphatic carbocycles. The number of amides is 1. The van der Waals surface area contributed by atoms with Crippen LogP contribution >= 0.6 is 24.0 Å². The zero-order valence-corrected chi connectivity index (χ0v) is 14.9. The highest BCUT2D eigenvalue weighted by molar-refractivity contribution is 8.23. The van der Waals surface area contributed by atoms with Crippen LogP contribution in [-0.4, -0.2) is 45.8 Å². The van der Waals surface area contributed by atoms with Crippen LogP contribution in [0.3, 0.4) is 0 Å². The number of ketones is 1. The van der Waals surface area contributed by atoms with E-state index in [0.717, 1.165) is 35.8 Å². The molecule has 0 saturated carbocycles. The summed E-state index contributed by atoms with van der Waals surface area (Å²) in [6.45, 7) is 3.48. The van der Waals surface area contributed by atoms with Crippen molar-refractivity contribution in [2.45, 2.75) is 32.2 Å². The summed E-state index contributed by atoms with van der Waals surface area (Å²) in [5, 5.41) is 2.82. The van der Waals surface area contributed by atoms with Crippen molar-refractivity contribution in [1.82, 2.24) is 10.2 Å². The third-order valence-electron chi connectivity index (χ3n) is 3.80. The third kappa shape index (κ3) is 5.95. The summed E-state index contributed by atoms with van der Waals surface area (Å²) in [6, 6.07) is 9.22. The standard InChI is InChI=1S/C17H22N2O2S2/c1-13(20)15(11-14-7-3-2-4-8-14)18-16(21)12-23-17(22)19-9-5-6-10-19/h2-4,7-8,15H,5-6,9-12H2,1H3,(H,18,21)/t15-/m0/s1. The quantitative estimate of drug-likeness (QED) is 0.799. The fraction of sp³-hybridized carbons (Fsp3) is 0.471. The number of nitrogens with one attached hydrogen (secondary N) is 1. The molecule has 1 aromatic carbocycles. The molecule has 0 unspecified atom stereocenters. The summed E-state index contributed by atoms with van der Waals surface area (Å²) >= 11 is 6.72. The van der Waals surface area contributed by atoms with Crippen LogP contribution in [0.4, 0.5) is 0 Å². The van der Waals surface area contributed by atoms with Gasteiger partial charge < -0.3 is 10.2 Å². The monoisotopic (exact) mass is 350 g/mol. The van der Waals surface area contributed by atoms with Gasteiger partial charge in [-0.15, -0.1) is 0 Å². The first-order chi connectivity index (χ1) is 11.1. The number of carbonyl (C=O) groups is 2. The van der Waals surface area contributed by atoms with Crippen LogP contribution in [-0.2, 0) is 16.0 Å². The first kappa shape index (κ1) is 17.9. The van der Waals surface area contributed by atoms with Gasteiger partial charge in [-0.3, -0.25) is 9.59 Å². The molecule has 1 fully saturated rings. The lowest BCUT2D eigenvalue weighted by Gasteiger charge is -2.19. The molecule has 1 heterocycles. The Morgan fingerprint density at radius 2 is 1.91 bits per heavy atom. The summed E-state index contributed by atoms with van der Waals surface area (Å²) < 4.78 is 0.778. The molecule has 1 aliphatic heterocycles. The second-order valence-electron chi connectivity index (χ2n) is 5.67. The lowest BCUT2D eigenvalue weighted by Crippen LogP contribution is -2.42. The van der Waals surface area contributed by atoms with E-state index in [9.17, 15) is 9.59 Å². The molecule has 0 radical (unpaired) electrons. The number of nitrogens with zero attached hydrogens (tertiary/aromatic N) is 1. The Bertz CT molecular complexity index is 557. The predicted octanol–water partition coefficient (Wildman–Crippen LogP) is 2.42. The van der Waals surface area contributed by atoms with Gasteiger partial charge >= 0.3 is 0 Å². The second-order valence-corrected chi connectivity index (χ2v) is 7.28. The van der Waals surface area contributed by atoms with Gasteiger partial charge in [0.05, 0.1) is 11.8 Å². The Kier molecular flexibility index (Phi) is 7.05. The summed E-state index contributed by atoms with van der Waals surface area (Å²) in [5.74, 6) is 0.0791. The maximum atomic E-state index is 12.1. The van der Waals surface area contributed by atoms with Crippen molar-refractivity contribution in [2.75, 3.05) is 18.8 Å². The lowest BCUT2D eigenvalue weighted by atomic mass is 10.0. The highest BCUT2D eigenvalue weighted by Gasteiger charge is 2.20. The number of hydrogen-bond acceptors (Lipinski definition) is 4. The number of rotatable bonds is 6. The normalized spacial score (nSPS) is 15.3. The van der Waals surface area contributed by atoms with Crippen LogP contribution in [0.1, 0.15) is 25.3 Å². The van der Waals surface area contributed by atoms with Gasteiger partial charge in [0.1, 0.15) is 4.32 Å². The van der Waals surface area contributed by atoms with Gasteiger partial charge in [-0.2, -0.15) is 0 Å². The van der Waals surface area contributed by atoms with Gasteiger partial charge in [-0.1, -0.05) is 54.3 Å². The van der Waals surface area contributed by atoms with Crippen LogP contribution in [0.25, 0.3) is 0 Å². The SMILES string of the molecule is CC(=O)[C@H](Cc1ccccc1)NC(=O)CSC(=S)N1CCCC1. The van der Waals surface area contributed by atoms with Crippen LogP contribution in [0.2, 0.25) is 0 Å². The zero-order chi connectivity index (χ0) is 16.7. The Morgan fingerprint density at radius 1 is 1.26 bits per heavy atom. The number of Topliss-reactive ketones (excluding diaryl/α,β-unsaturated/α-hetero) is 1. The molecule has 1 atom stereocenters. The van der Waals surface area contributed by atoms with Gasteiger partial charge in [-0.05, 0) is 31.7 Å². The van der Waals surface area contributed by atoms with E-state index in [1.165, 1.54) is 18.7 Å². The molecule has 1 aromatic rings. The lowest BCUT2D eigenvalue weighted by molar-refractivity contribution is -0.125. The number of thioether (sulfide) groups is 1. The highest BCUT2D eigenvalue weighted by Crippen LogP contribution is 2.16. The van der Waals surface area contributed by atoms with E-state index in [0.29, 0.717) is 6.42 Å². The maximum absolute atomic E-state index is 12.1. The Balaban J connectivity index is 1.81. The van der Waals surface area contributed by atoms with E-state index in [1.54, 1.807) is 0 Å². The van der Waals surface area contributed by atoms with Crippen molar-refractivity contribution in [3.63, 3.8) is 0 Å². The number of hydrogen-bond donors (Lipinski definition) is 1. The van der Waals surface area contributed by atoms with Crippen LogP contribution < -0.4 is 5.32 Å². The second kappa shape index (κ2) is 9.03. The first-order valence-corrected chi connectivity index (χ1v) is 9.21. The molecule has 1 N–H and O–H groups in total. The van der Waals surface area contributed by atoms with Crippen molar-refractivity contribution in [2.24, 2.45) is 0 Å². The molecular formula is C17H22N2O2S2. The average molecular weight is 351 g/mol. The summed E-state index contributed by atoms with van der Waals surface area (Å²) in [7, 11) is 0. The molecule has 1 amide bonds. The van der Waals surface area contributed by atoms with Crippen LogP contribution in [0.15, 0.2) is 30.3 Å². The fourth-order valence-corrected chi connectivity index (χ4v) is 3.56. The fourth-order valence-electron chi connectivity index (χ4n) is 2.50. The summed E-state index contributed by atoms with van der Waals surface area (Å²) in [4.78, 5) is 26.0. The minimum absolute atomic E-state index is 0.0330. The molecule has 6 heteroatoms. The third-order valence-corrected chi connectivity index (χ3v) is 5.32. The van der Waals surface area contributed by atoms with Crippen LogP contribution in [0, 0.1) is 0 Å². The molecule has 0 bridgehead atoms. The van der Waals surface area contributed by atoms with E-state index in [4.69, 9.17) is 12.2 Å². The zero-order valence-electron chi connectivity index (χ0n) is 13.3. The summed E-state index contributed by atoms with van der Waals surface area (Å²) in [6.07, 6.45) is 2.84. The maximum Gasteiger partial charge on any atom is 0.231 e. The number of benzene rings is 1. The smallest absolute Gasteiger partial charge is 0.231 e. The molecule has 23 heavy (non-hydrogen) atoms. The average Bonchev–Trinajstić information content (AvgIpc) is 3.07. The first-order valence-electron chi connectivity index (χ1n) is 7.81. The molecular weight excluding hydrogens is 328 g/mol. The van der Waals surface area contributed by atoms with Gasteiger partial charge in [0.25, 0.3) is 0 Å². The van der Waals surface area contributed by atoms with Crippen molar-refractivity contribution in [1.29, 1.82) is 0 Å². The molecule has 4 nitrogen and oxygen atoms in total. The van der Waals surface area contributed by atoms with Crippen LogP contribution in [0.5, 0.6) is 0 Å². The number of likely N-dealkylation sites (tertiary alicyclic amines) is 1.